The highest BCUT2D eigenvalue weighted by atomic mass is 19.1. The predicted molar refractivity (Wildman–Crippen MR) is 74.4 cm³/mol. The van der Waals surface area contributed by atoms with Crippen molar-refractivity contribution >= 4 is 17.3 Å². The van der Waals surface area contributed by atoms with Gasteiger partial charge in [-0.3, -0.25) is 4.79 Å². The van der Waals surface area contributed by atoms with E-state index >= 15 is 0 Å². The summed E-state index contributed by atoms with van der Waals surface area (Å²) in [5.41, 5.74) is 7.35. The van der Waals surface area contributed by atoms with Crippen LogP contribution in [0.5, 0.6) is 0 Å². The Labute approximate surface area is 111 Å². The number of nitrogen functional groups attached to an aromatic ring is 1. The Bertz CT molecular complexity index is 598. The van der Waals surface area contributed by atoms with Gasteiger partial charge < -0.3 is 10.6 Å². The molecule has 2 aromatic carbocycles. The summed E-state index contributed by atoms with van der Waals surface area (Å²) in [6.07, 6.45) is 0.0114. The zero-order valence-corrected chi connectivity index (χ0v) is 10.6. The van der Waals surface area contributed by atoms with E-state index in [2.05, 4.69) is 0 Å². The van der Waals surface area contributed by atoms with Crippen molar-refractivity contribution in [2.75, 3.05) is 17.7 Å². The molecule has 0 bridgehead atoms. The first-order chi connectivity index (χ1) is 9.09. The monoisotopic (exact) mass is 258 g/mol. The number of carbonyl (C=O) groups is 1. The zero-order valence-electron chi connectivity index (χ0n) is 10.6. The van der Waals surface area contributed by atoms with Gasteiger partial charge >= 0.3 is 0 Å². The van der Waals surface area contributed by atoms with Crippen molar-refractivity contribution in [2.24, 2.45) is 0 Å². The molecule has 0 aliphatic carbocycles. The second-order valence-corrected chi connectivity index (χ2v) is 4.28. The molecule has 98 valence electrons. The third kappa shape index (κ3) is 2.91. The Hall–Kier alpha value is -2.36. The summed E-state index contributed by atoms with van der Waals surface area (Å²) in [4.78, 5) is 13.6. The van der Waals surface area contributed by atoms with Crippen molar-refractivity contribution in [3.05, 3.63) is 59.9 Å². The standard InChI is InChI=1S/C15H15FN2O/c1-18(14-9-5-4-8-13(14)17)15(19)10-11-6-2-3-7-12(11)16/h2-9H,10,17H2,1H3. The highest BCUT2D eigenvalue weighted by molar-refractivity contribution is 5.96. The molecule has 0 aliphatic rings. The van der Waals surface area contributed by atoms with E-state index in [-0.39, 0.29) is 18.1 Å². The van der Waals surface area contributed by atoms with Gasteiger partial charge in [0.1, 0.15) is 5.82 Å². The molecule has 0 radical (unpaired) electrons. The predicted octanol–water partition coefficient (Wildman–Crippen LogP) is 2.61. The van der Waals surface area contributed by atoms with Crippen LogP contribution in [0.3, 0.4) is 0 Å². The highest BCUT2D eigenvalue weighted by Gasteiger charge is 2.15. The number of amides is 1. The van der Waals surface area contributed by atoms with E-state index in [9.17, 15) is 9.18 Å². The second-order valence-electron chi connectivity index (χ2n) is 4.28. The third-order valence-electron chi connectivity index (χ3n) is 2.97. The normalized spacial score (nSPS) is 10.2. The summed E-state index contributed by atoms with van der Waals surface area (Å²) in [5.74, 6) is -0.576. The van der Waals surface area contributed by atoms with E-state index in [4.69, 9.17) is 5.73 Å². The smallest absolute Gasteiger partial charge is 0.231 e. The second kappa shape index (κ2) is 5.52. The van der Waals surface area contributed by atoms with E-state index < -0.39 is 0 Å². The van der Waals surface area contributed by atoms with Crippen molar-refractivity contribution in [2.45, 2.75) is 6.42 Å². The summed E-state index contributed by atoms with van der Waals surface area (Å²) in [6.45, 7) is 0. The molecule has 2 rings (SSSR count). The van der Waals surface area contributed by atoms with Crippen molar-refractivity contribution in [1.82, 2.24) is 0 Å². The molecule has 19 heavy (non-hydrogen) atoms. The highest BCUT2D eigenvalue weighted by Crippen LogP contribution is 2.22. The molecule has 0 atom stereocenters. The molecule has 0 saturated carbocycles. The number of halogens is 1. The first-order valence-corrected chi connectivity index (χ1v) is 5.94. The Kier molecular flexibility index (Phi) is 3.80. The van der Waals surface area contributed by atoms with E-state index in [1.54, 1.807) is 49.5 Å². The average molecular weight is 258 g/mol. The van der Waals surface area contributed by atoms with Crippen molar-refractivity contribution in [3.63, 3.8) is 0 Å². The molecule has 0 aliphatic heterocycles. The molecule has 0 aromatic heterocycles. The first-order valence-electron chi connectivity index (χ1n) is 5.94. The van der Waals surface area contributed by atoms with Crippen LogP contribution in [0.1, 0.15) is 5.56 Å². The SMILES string of the molecule is CN(C(=O)Cc1ccccc1F)c1ccccc1N. The average Bonchev–Trinajstić information content (AvgIpc) is 2.41. The van der Waals surface area contributed by atoms with Crippen molar-refractivity contribution in [1.29, 1.82) is 0 Å². The van der Waals surface area contributed by atoms with Crippen LogP contribution in [0.2, 0.25) is 0 Å². The van der Waals surface area contributed by atoms with Crippen LogP contribution in [0, 0.1) is 5.82 Å². The summed E-state index contributed by atoms with van der Waals surface area (Å²) < 4.78 is 13.5. The lowest BCUT2D eigenvalue weighted by Gasteiger charge is -2.19. The lowest BCUT2D eigenvalue weighted by Crippen LogP contribution is -2.28. The van der Waals surface area contributed by atoms with Gasteiger partial charge in [0.05, 0.1) is 17.8 Å². The fourth-order valence-electron chi connectivity index (χ4n) is 1.85. The Morgan fingerprint density at radius 2 is 1.79 bits per heavy atom. The molecule has 0 saturated heterocycles. The zero-order chi connectivity index (χ0) is 13.8. The van der Waals surface area contributed by atoms with Crippen LogP contribution < -0.4 is 10.6 Å². The molecule has 0 heterocycles. The van der Waals surface area contributed by atoms with Crippen LogP contribution in [0.4, 0.5) is 15.8 Å². The van der Waals surface area contributed by atoms with Gasteiger partial charge in [-0.1, -0.05) is 30.3 Å². The van der Waals surface area contributed by atoms with Crippen LogP contribution in [0.15, 0.2) is 48.5 Å². The molecule has 0 spiro atoms. The number of anilines is 2. The number of para-hydroxylation sites is 2. The van der Waals surface area contributed by atoms with Gasteiger partial charge in [-0.2, -0.15) is 0 Å². The molecule has 2 aromatic rings. The number of nitrogens with zero attached hydrogens (tertiary/aromatic N) is 1. The lowest BCUT2D eigenvalue weighted by atomic mass is 10.1. The fraction of sp³-hybridized carbons (Fsp3) is 0.133. The Morgan fingerprint density at radius 3 is 2.47 bits per heavy atom. The maximum Gasteiger partial charge on any atom is 0.231 e. The number of likely N-dealkylation sites (N-methyl/N-ethyl adjacent to an activating group) is 1. The van der Waals surface area contributed by atoms with Gasteiger partial charge in [-0.05, 0) is 23.8 Å². The van der Waals surface area contributed by atoms with Crippen molar-refractivity contribution < 1.29 is 9.18 Å². The van der Waals surface area contributed by atoms with E-state index in [1.807, 2.05) is 0 Å². The minimum absolute atomic E-state index is 0.0114. The quantitative estimate of drug-likeness (QED) is 0.860. The maximum absolute atomic E-state index is 13.5. The van der Waals surface area contributed by atoms with E-state index in [1.165, 1.54) is 11.0 Å². The molecular formula is C15H15FN2O. The number of hydrogen-bond donors (Lipinski definition) is 1. The lowest BCUT2D eigenvalue weighted by molar-refractivity contribution is -0.117. The van der Waals surface area contributed by atoms with Gasteiger partial charge in [0.25, 0.3) is 0 Å². The maximum atomic E-state index is 13.5. The van der Waals surface area contributed by atoms with Gasteiger partial charge in [0, 0.05) is 7.05 Å². The molecule has 2 N–H and O–H groups in total. The first kappa shape index (κ1) is 13.1. The summed E-state index contributed by atoms with van der Waals surface area (Å²) >= 11 is 0. The number of rotatable bonds is 3. The largest absolute Gasteiger partial charge is 0.397 e. The Balaban J connectivity index is 2.17. The minimum atomic E-state index is -0.370. The molecule has 0 fully saturated rings. The number of hydrogen-bond acceptors (Lipinski definition) is 2. The molecule has 4 heteroatoms. The Morgan fingerprint density at radius 1 is 1.16 bits per heavy atom. The molecule has 3 nitrogen and oxygen atoms in total. The van der Waals surface area contributed by atoms with Crippen LogP contribution in [-0.4, -0.2) is 13.0 Å². The topological polar surface area (TPSA) is 46.3 Å². The summed E-state index contributed by atoms with van der Waals surface area (Å²) in [7, 11) is 1.63. The molecule has 1 amide bonds. The van der Waals surface area contributed by atoms with E-state index in [0.717, 1.165) is 0 Å². The third-order valence-corrected chi connectivity index (χ3v) is 2.97. The summed E-state index contributed by atoms with van der Waals surface area (Å²) in [5, 5.41) is 0. The van der Waals surface area contributed by atoms with Crippen molar-refractivity contribution in [3.8, 4) is 0 Å². The number of nitrogens with two attached hydrogens (primary N) is 1. The summed E-state index contributed by atoms with van der Waals surface area (Å²) in [6, 6.07) is 13.4. The van der Waals surface area contributed by atoms with Crippen LogP contribution in [-0.2, 0) is 11.2 Å². The fourth-order valence-corrected chi connectivity index (χ4v) is 1.85. The molecular weight excluding hydrogens is 243 g/mol. The van der Waals surface area contributed by atoms with Crippen LogP contribution in [0.25, 0.3) is 0 Å². The van der Waals surface area contributed by atoms with Gasteiger partial charge in [-0.15, -0.1) is 0 Å². The van der Waals surface area contributed by atoms with Gasteiger partial charge in [-0.25, -0.2) is 4.39 Å². The minimum Gasteiger partial charge on any atom is -0.397 e. The molecule has 0 unspecified atom stereocenters. The number of carbonyl (C=O) groups excluding carboxylic acids is 1. The number of benzene rings is 2. The van der Waals surface area contributed by atoms with Gasteiger partial charge in [0.15, 0.2) is 0 Å². The van der Waals surface area contributed by atoms with Crippen LogP contribution >= 0.6 is 0 Å². The van der Waals surface area contributed by atoms with Gasteiger partial charge in [0.2, 0.25) is 5.91 Å². The van der Waals surface area contributed by atoms with E-state index in [0.29, 0.717) is 16.9 Å².